The summed E-state index contributed by atoms with van der Waals surface area (Å²) in [5, 5.41) is 3.37. The molecule has 128 valence electrons. The molecule has 1 N–H and O–H groups in total. The van der Waals surface area contributed by atoms with Crippen molar-refractivity contribution >= 4 is 28.6 Å². The second-order valence-electron chi connectivity index (χ2n) is 6.94. The predicted octanol–water partition coefficient (Wildman–Crippen LogP) is 3.65. The SMILES string of the molecule is CC1CC(C)CN(c2nc(Nc3ccccc3)c3nccnc3n2)C1. The van der Waals surface area contributed by atoms with Crippen molar-refractivity contribution in [1.82, 2.24) is 19.9 Å². The molecule has 25 heavy (non-hydrogen) atoms. The number of fused-ring (bicyclic) bond motifs is 1. The van der Waals surface area contributed by atoms with Crippen LogP contribution in [0.2, 0.25) is 0 Å². The molecule has 0 saturated carbocycles. The molecule has 4 rings (SSSR count). The summed E-state index contributed by atoms with van der Waals surface area (Å²) in [7, 11) is 0. The molecular weight excluding hydrogens is 312 g/mol. The molecule has 3 heterocycles. The van der Waals surface area contributed by atoms with E-state index in [0.717, 1.165) is 24.7 Å². The Morgan fingerprint density at radius 1 is 0.960 bits per heavy atom. The number of hydrogen-bond donors (Lipinski definition) is 1. The van der Waals surface area contributed by atoms with Crippen molar-refractivity contribution in [2.24, 2.45) is 11.8 Å². The van der Waals surface area contributed by atoms with Gasteiger partial charge in [0.05, 0.1) is 0 Å². The van der Waals surface area contributed by atoms with E-state index in [2.05, 4.69) is 39.0 Å². The van der Waals surface area contributed by atoms with Crippen LogP contribution in [-0.2, 0) is 0 Å². The fourth-order valence-electron chi connectivity index (χ4n) is 3.57. The van der Waals surface area contributed by atoms with Crippen LogP contribution in [0.25, 0.3) is 11.2 Å². The van der Waals surface area contributed by atoms with Crippen LogP contribution in [0, 0.1) is 11.8 Å². The number of nitrogens with zero attached hydrogens (tertiary/aromatic N) is 5. The highest BCUT2D eigenvalue weighted by Gasteiger charge is 2.24. The molecule has 0 radical (unpaired) electrons. The van der Waals surface area contributed by atoms with E-state index in [1.54, 1.807) is 12.4 Å². The summed E-state index contributed by atoms with van der Waals surface area (Å²) in [5.41, 5.74) is 2.28. The van der Waals surface area contributed by atoms with Crippen molar-refractivity contribution in [3.8, 4) is 0 Å². The van der Waals surface area contributed by atoms with Gasteiger partial charge in [-0.2, -0.15) is 9.97 Å². The topological polar surface area (TPSA) is 66.8 Å². The average molecular weight is 334 g/mol. The second-order valence-corrected chi connectivity index (χ2v) is 6.94. The number of aromatic nitrogens is 4. The molecule has 6 nitrogen and oxygen atoms in total. The summed E-state index contributed by atoms with van der Waals surface area (Å²) in [5.74, 6) is 2.70. The molecule has 1 aromatic carbocycles. The molecule has 1 fully saturated rings. The fourth-order valence-corrected chi connectivity index (χ4v) is 3.57. The normalized spacial score (nSPS) is 20.6. The second kappa shape index (κ2) is 6.63. The van der Waals surface area contributed by atoms with Crippen LogP contribution >= 0.6 is 0 Å². The zero-order valence-electron chi connectivity index (χ0n) is 14.6. The molecule has 0 bridgehead atoms. The fraction of sp³-hybridized carbons (Fsp3) is 0.368. The van der Waals surface area contributed by atoms with Gasteiger partial charge in [-0.05, 0) is 30.4 Å². The van der Waals surface area contributed by atoms with Gasteiger partial charge in [0.2, 0.25) is 5.95 Å². The number of piperidine rings is 1. The minimum atomic E-state index is 0.622. The average Bonchev–Trinajstić information content (AvgIpc) is 2.62. The third-order valence-corrected chi connectivity index (χ3v) is 4.51. The molecule has 0 aliphatic carbocycles. The lowest BCUT2D eigenvalue weighted by Crippen LogP contribution is -2.39. The third kappa shape index (κ3) is 3.38. The number of benzene rings is 1. The van der Waals surface area contributed by atoms with E-state index in [-0.39, 0.29) is 0 Å². The molecule has 1 aliphatic rings. The van der Waals surface area contributed by atoms with E-state index < -0.39 is 0 Å². The van der Waals surface area contributed by atoms with Gasteiger partial charge >= 0.3 is 0 Å². The number of nitrogens with one attached hydrogen (secondary N) is 1. The summed E-state index contributed by atoms with van der Waals surface area (Å²) in [6.07, 6.45) is 4.60. The Kier molecular flexibility index (Phi) is 4.17. The van der Waals surface area contributed by atoms with Gasteiger partial charge in [-0.1, -0.05) is 32.0 Å². The molecular formula is C19H22N6. The highest BCUT2D eigenvalue weighted by molar-refractivity contribution is 5.85. The first-order valence-electron chi connectivity index (χ1n) is 8.75. The summed E-state index contributed by atoms with van der Waals surface area (Å²) in [6, 6.07) is 9.99. The summed E-state index contributed by atoms with van der Waals surface area (Å²) in [6.45, 7) is 6.51. The molecule has 0 spiro atoms. The minimum absolute atomic E-state index is 0.622. The first-order valence-corrected chi connectivity index (χ1v) is 8.75. The quantitative estimate of drug-likeness (QED) is 0.789. The van der Waals surface area contributed by atoms with Gasteiger partial charge in [-0.15, -0.1) is 0 Å². The largest absolute Gasteiger partial charge is 0.340 e. The van der Waals surface area contributed by atoms with E-state index in [1.807, 2.05) is 30.3 Å². The van der Waals surface area contributed by atoms with Crippen LogP contribution in [0.15, 0.2) is 42.7 Å². The standard InChI is InChI=1S/C19H22N6/c1-13-10-14(2)12-25(11-13)19-23-17-16(20-8-9-21-17)18(24-19)22-15-6-4-3-5-7-15/h3-9,13-14H,10-12H2,1-2H3,(H,21,22,23,24). The molecule has 6 heteroatoms. The van der Waals surface area contributed by atoms with Gasteiger partial charge in [0.1, 0.15) is 0 Å². The Hall–Kier alpha value is -2.76. The Balaban J connectivity index is 1.76. The third-order valence-electron chi connectivity index (χ3n) is 4.51. The van der Waals surface area contributed by atoms with Gasteiger partial charge in [0, 0.05) is 31.2 Å². The maximum atomic E-state index is 4.79. The zero-order valence-corrected chi connectivity index (χ0v) is 14.6. The molecule has 0 amide bonds. The van der Waals surface area contributed by atoms with Gasteiger partial charge in [0.15, 0.2) is 17.0 Å². The molecule has 1 aliphatic heterocycles. The van der Waals surface area contributed by atoms with Gasteiger partial charge < -0.3 is 10.2 Å². The van der Waals surface area contributed by atoms with E-state index in [1.165, 1.54) is 6.42 Å². The summed E-state index contributed by atoms with van der Waals surface area (Å²) in [4.78, 5) is 20.5. The molecule has 1 saturated heterocycles. The number of hydrogen-bond acceptors (Lipinski definition) is 6. The van der Waals surface area contributed by atoms with E-state index >= 15 is 0 Å². The minimum Gasteiger partial charge on any atom is -0.340 e. The van der Waals surface area contributed by atoms with E-state index in [4.69, 9.17) is 4.98 Å². The van der Waals surface area contributed by atoms with Gasteiger partial charge in [-0.25, -0.2) is 9.97 Å². The lowest BCUT2D eigenvalue weighted by Gasteiger charge is -2.35. The van der Waals surface area contributed by atoms with Crippen molar-refractivity contribution in [1.29, 1.82) is 0 Å². The number of para-hydroxylation sites is 1. The lowest BCUT2D eigenvalue weighted by molar-refractivity contribution is 0.354. The first-order chi connectivity index (χ1) is 12.2. The van der Waals surface area contributed by atoms with E-state index in [9.17, 15) is 0 Å². The van der Waals surface area contributed by atoms with Crippen molar-refractivity contribution in [2.75, 3.05) is 23.3 Å². The molecule has 2 atom stereocenters. The van der Waals surface area contributed by atoms with Gasteiger partial charge in [-0.3, -0.25) is 0 Å². The maximum absolute atomic E-state index is 4.79. The van der Waals surface area contributed by atoms with Gasteiger partial charge in [0.25, 0.3) is 0 Å². The van der Waals surface area contributed by atoms with Crippen molar-refractivity contribution < 1.29 is 0 Å². The monoisotopic (exact) mass is 334 g/mol. The predicted molar refractivity (Wildman–Crippen MR) is 100 cm³/mol. The van der Waals surface area contributed by atoms with Crippen molar-refractivity contribution in [2.45, 2.75) is 20.3 Å². The lowest BCUT2D eigenvalue weighted by atomic mass is 9.92. The smallest absolute Gasteiger partial charge is 0.229 e. The summed E-state index contributed by atoms with van der Waals surface area (Å²) < 4.78 is 0. The first kappa shape index (κ1) is 15.7. The zero-order chi connectivity index (χ0) is 17.2. The Labute approximate surface area is 147 Å². The Morgan fingerprint density at radius 2 is 1.68 bits per heavy atom. The Bertz CT molecular complexity index is 856. The van der Waals surface area contributed by atoms with Crippen LogP contribution in [-0.4, -0.2) is 33.0 Å². The van der Waals surface area contributed by atoms with E-state index in [0.29, 0.717) is 28.8 Å². The van der Waals surface area contributed by atoms with Crippen molar-refractivity contribution in [3.05, 3.63) is 42.7 Å². The van der Waals surface area contributed by atoms with Crippen LogP contribution in [0.1, 0.15) is 20.3 Å². The van der Waals surface area contributed by atoms with Crippen LogP contribution < -0.4 is 10.2 Å². The summed E-state index contributed by atoms with van der Waals surface area (Å²) >= 11 is 0. The number of anilines is 3. The van der Waals surface area contributed by atoms with Crippen molar-refractivity contribution in [3.63, 3.8) is 0 Å². The molecule has 2 unspecified atom stereocenters. The highest BCUT2D eigenvalue weighted by Crippen LogP contribution is 2.28. The Morgan fingerprint density at radius 3 is 2.44 bits per heavy atom. The van der Waals surface area contributed by atoms with Crippen LogP contribution in [0.5, 0.6) is 0 Å². The maximum Gasteiger partial charge on any atom is 0.229 e. The highest BCUT2D eigenvalue weighted by atomic mass is 15.3. The number of rotatable bonds is 3. The van der Waals surface area contributed by atoms with Crippen LogP contribution in [0.4, 0.5) is 17.5 Å². The molecule has 2 aromatic heterocycles. The van der Waals surface area contributed by atoms with Crippen LogP contribution in [0.3, 0.4) is 0 Å². The molecule has 3 aromatic rings.